The molecule has 108 valence electrons. The van der Waals surface area contributed by atoms with Crippen LogP contribution < -0.4 is 0 Å². The third-order valence-corrected chi connectivity index (χ3v) is 3.76. The van der Waals surface area contributed by atoms with Crippen LogP contribution in [-0.2, 0) is 6.18 Å². The van der Waals surface area contributed by atoms with Crippen LogP contribution in [0.15, 0.2) is 35.1 Å². The molecule has 0 radical (unpaired) electrons. The van der Waals surface area contributed by atoms with Crippen LogP contribution in [0.5, 0.6) is 0 Å². The molecule has 0 aliphatic rings. The van der Waals surface area contributed by atoms with E-state index < -0.39 is 11.7 Å². The quantitative estimate of drug-likeness (QED) is 0.637. The Balaban J connectivity index is 2.25. The number of alkyl halides is 3. The van der Waals surface area contributed by atoms with E-state index in [1.165, 1.54) is 28.9 Å². The number of hydrogen-bond donors (Lipinski definition) is 0. The molecule has 0 aliphatic heterocycles. The van der Waals surface area contributed by atoms with Gasteiger partial charge in [-0.1, -0.05) is 33.6 Å². The highest BCUT2D eigenvalue weighted by molar-refractivity contribution is 9.10. The summed E-state index contributed by atoms with van der Waals surface area (Å²) >= 11 is 8.90. The number of benzene rings is 1. The highest BCUT2D eigenvalue weighted by Gasteiger charge is 2.33. The molecule has 2 heterocycles. The maximum Gasteiger partial charge on any atom is 0.417 e. The predicted octanol–water partition coefficient (Wildman–Crippen LogP) is 4.23. The Morgan fingerprint density at radius 1 is 1.14 bits per heavy atom. The Hall–Kier alpha value is -1.67. The largest absolute Gasteiger partial charge is 0.417 e. The number of nitrogens with zero attached hydrogens (tertiary/aromatic N) is 4. The zero-order chi connectivity index (χ0) is 15.2. The molecule has 0 aliphatic carbocycles. The monoisotopic (exact) mass is 376 g/mol. The summed E-state index contributed by atoms with van der Waals surface area (Å²) < 4.78 is 40.3. The molecule has 3 rings (SSSR count). The predicted molar refractivity (Wildman–Crippen MR) is 73.9 cm³/mol. The number of aromatic nitrogens is 4. The molecule has 0 unspecified atom stereocenters. The topological polar surface area (TPSA) is 43.1 Å². The molecule has 0 N–H and O–H groups in total. The fourth-order valence-electron chi connectivity index (χ4n) is 1.88. The fourth-order valence-corrected chi connectivity index (χ4v) is 2.58. The molecular weight excluding hydrogens is 373 g/mol. The molecule has 21 heavy (non-hydrogen) atoms. The molecule has 0 atom stereocenters. The van der Waals surface area contributed by atoms with Crippen molar-refractivity contribution in [2.45, 2.75) is 6.18 Å². The van der Waals surface area contributed by atoms with E-state index in [2.05, 4.69) is 31.1 Å². The minimum absolute atomic E-state index is 0.0414. The summed E-state index contributed by atoms with van der Waals surface area (Å²) in [5, 5.41) is 7.94. The number of fused-ring (bicyclic) bond motifs is 1. The van der Waals surface area contributed by atoms with Crippen LogP contribution in [0.25, 0.3) is 17.0 Å². The van der Waals surface area contributed by atoms with Gasteiger partial charge >= 0.3 is 6.18 Å². The van der Waals surface area contributed by atoms with E-state index >= 15 is 0 Å². The zero-order valence-corrected chi connectivity index (χ0v) is 12.4. The minimum atomic E-state index is -4.47. The Kier molecular flexibility index (Phi) is 3.37. The third-order valence-electron chi connectivity index (χ3n) is 2.80. The van der Waals surface area contributed by atoms with Gasteiger partial charge in [0, 0.05) is 10.0 Å². The Morgan fingerprint density at radius 2 is 1.90 bits per heavy atom. The highest BCUT2D eigenvalue weighted by atomic mass is 79.9. The van der Waals surface area contributed by atoms with Gasteiger partial charge in [0.1, 0.15) is 5.15 Å². The second-order valence-corrected chi connectivity index (χ2v) is 5.38. The molecule has 9 heteroatoms. The van der Waals surface area contributed by atoms with Gasteiger partial charge in [0.25, 0.3) is 0 Å². The van der Waals surface area contributed by atoms with Gasteiger partial charge in [-0.05, 0) is 12.1 Å². The maximum atomic E-state index is 13.0. The first-order valence-electron chi connectivity index (χ1n) is 5.59. The van der Waals surface area contributed by atoms with Gasteiger partial charge in [0.2, 0.25) is 0 Å². The van der Waals surface area contributed by atoms with Gasteiger partial charge in [-0.25, -0.2) is 0 Å². The average molecular weight is 378 g/mol. The SMILES string of the molecule is FC(F)(F)c1cc(-c2nnc3cncc(Cl)n23)ccc1Br. The van der Waals surface area contributed by atoms with Crippen molar-refractivity contribution in [2.75, 3.05) is 0 Å². The van der Waals surface area contributed by atoms with E-state index in [1.807, 2.05) is 0 Å². The van der Waals surface area contributed by atoms with Crippen molar-refractivity contribution in [3.63, 3.8) is 0 Å². The van der Waals surface area contributed by atoms with E-state index in [0.717, 1.165) is 6.07 Å². The van der Waals surface area contributed by atoms with Crippen LogP contribution in [-0.4, -0.2) is 19.6 Å². The van der Waals surface area contributed by atoms with Gasteiger partial charge in [0.05, 0.1) is 18.0 Å². The van der Waals surface area contributed by atoms with Crippen LogP contribution in [0.4, 0.5) is 13.2 Å². The highest BCUT2D eigenvalue weighted by Crippen LogP contribution is 2.37. The summed E-state index contributed by atoms with van der Waals surface area (Å²) in [6, 6.07) is 3.82. The number of halogens is 5. The Bertz CT molecular complexity index is 831. The molecule has 0 saturated carbocycles. The summed E-state index contributed by atoms with van der Waals surface area (Å²) in [4.78, 5) is 3.85. The van der Waals surface area contributed by atoms with Gasteiger partial charge in [-0.3, -0.25) is 9.38 Å². The lowest BCUT2D eigenvalue weighted by Crippen LogP contribution is -2.06. The van der Waals surface area contributed by atoms with Crippen LogP contribution >= 0.6 is 27.5 Å². The number of hydrogen-bond acceptors (Lipinski definition) is 3. The molecule has 3 aromatic rings. The van der Waals surface area contributed by atoms with Crippen molar-refractivity contribution in [2.24, 2.45) is 0 Å². The van der Waals surface area contributed by atoms with Gasteiger partial charge in [-0.2, -0.15) is 13.2 Å². The van der Waals surface area contributed by atoms with E-state index in [1.54, 1.807) is 0 Å². The second kappa shape index (κ2) is 4.96. The van der Waals surface area contributed by atoms with Crippen molar-refractivity contribution in [1.29, 1.82) is 0 Å². The molecule has 0 amide bonds. The molecule has 0 spiro atoms. The second-order valence-electron chi connectivity index (χ2n) is 4.14. The van der Waals surface area contributed by atoms with Crippen molar-refractivity contribution >= 4 is 33.2 Å². The molecule has 0 saturated heterocycles. The summed E-state index contributed by atoms with van der Waals surface area (Å²) in [6.07, 6.45) is -1.68. The van der Waals surface area contributed by atoms with Crippen molar-refractivity contribution in [1.82, 2.24) is 19.6 Å². The first-order chi connectivity index (χ1) is 9.88. The fraction of sp³-hybridized carbons (Fsp3) is 0.0833. The summed E-state index contributed by atoms with van der Waals surface area (Å²) in [5.41, 5.74) is -0.179. The minimum Gasteiger partial charge on any atom is -0.262 e. The normalized spacial score (nSPS) is 12.0. The molecule has 4 nitrogen and oxygen atoms in total. The van der Waals surface area contributed by atoms with E-state index in [-0.39, 0.29) is 21.0 Å². The van der Waals surface area contributed by atoms with Gasteiger partial charge in [0.15, 0.2) is 11.5 Å². The average Bonchev–Trinajstić information content (AvgIpc) is 2.83. The Labute approximate surface area is 129 Å². The van der Waals surface area contributed by atoms with Crippen molar-refractivity contribution in [3.05, 3.63) is 45.8 Å². The zero-order valence-electron chi connectivity index (χ0n) is 10.1. The lowest BCUT2D eigenvalue weighted by molar-refractivity contribution is -0.138. The molecule has 0 fully saturated rings. The maximum absolute atomic E-state index is 13.0. The van der Waals surface area contributed by atoms with Crippen molar-refractivity contribution < 1.29 is 13.2 Å². The van der Waals surface area contributed by atoms with Gasteiger partial charge < -0.3 is 0 Å². The smallest absolute Gasteiger partial charge is 0.262 e. The first-order valence-corrected chi connectivity index (χ1v) is 6.77. The van der Waals surface area contributed by atoms with Crippen LogP contribution in [0.2, 0.25) is 5.15 Å². The number of rotatable bonds is 1. The summed E-state index contributed by atoms with van der Waals surface area (Å²) in [5.74, 6) is 0.218. The molecular formula is C12H5BrClF3N4. The third kappa shape index (κ3) is 2.49. The first kappa shape index (κ1) is 14.3. The van der Waals surface area contributed by atoms with E-state index in [9.17, 15) is 13.2 Å². The summed E-state index contributed by atoms with van der Waals surface area (Å²) in [7, 11) is 0. The van der Waals surface area contributed by atoms with Crippen LogP contribution in [0.1, 0.15) is 5.56 Å². The summed E-state index contributed by atoms with van der Waals surface area (Å²) in [6.45, 7) is 0. The lowest BCUT2D eigenvalue weighted by Gasteiger charge is -2.10. The van der Waals surface area contributed by atoms with Crippen LogP contribution in [0.3, 0.4) is 0 Å². The van der Waals surface area contributed by atoms with Crippen LogP contribution in [0, 0.1) is 0 Å². The lowest BCUT2D eigenvalue weighted by atomic mass is 10.1. The van der Waals surface area contributed by atoms with Gasteiger partial charge in [-0.15, -0.1) is 10.2 Å². The molecule has 2 aromatic heterocycles. The Morgan fingerprint density at radius 3 is 2.62 bits per heavy atom. The van der Waals surface area contributed by atoms with Crippen molar-refractivity contribution in [3.8, 4) is 11.4 Å². The van der Waals surface area contributed by atoms with E-state index in [0.29, 0.717) is 5.65 Å². The standard InChI is InChI=1S/C12H5BrClF3N4/c13-8-2-1-6(3-7(8)12(15,16)17)11-20-19-10-5-18-4-9(14)21(10)11/h1-5H. The molecule has 0 bridgehead atoms. The van der Waals surface area contributed by atoms with E-state index in [4.69, 9.17) is 11.6 Å². The molecule has 1 aromatic carbocycles.